The van der Waals surface area contributed by atoms with Gasteiger partial charge >= 0.3 is 0 Å². The third-order valence-electron chi connectivity index (χ3n) is 3.66. The number of thiazole rings is 1. The normalized spacial score (nSPS) is 10.7. The van der Waals surface area contributed by atoms with Crippen LogP contribution >= 0.6 is 23.1 Å². The van der Waals surface area contributed by atoms with Crippen LogP contribution in [0.1, 0.15) is 27.2 Å². The van der Waals surface area contributed by atoms with Gasteiger partial charge in [0, 0.05) is 28.1 Å². The number of carbonyl (C=O) groups is 1. The van der Waals surface area contributed by atoms with Gasteiger partial charge in [0.25, 0.3) is 5.91 Å². The fraction of sp³-hybridized carbons (Fsp3) is 0.158. The molecule has 0 fully saturated rings. The van der Waals surface area contributed by atoms with E-state index in [2.05, 4.69) is 10.3 Å². The lowest BCUT2D eigenvalue weighted by Crippen LogP contribution is -2.15. The number of amides is 1. The first-order chi connectivity index (χ1) is 12.0. The Morgan fingerprint density at radius 3 is 2.80 bits per heavy atom. The van der Waals surface area contributed by atoms with Crippen LogP contribution in [0.25, 0.3) is 0 Å². The first-order valence-electron chi connectivity index (χ1n) is 7.73. The van der Waals surface area contributed by atoms with Gasteiger partial charge in [0.05, 0.1) is 0 Å². The summed E-state index contributed by atoms with van der Waals surface area (Å²) in [6.45, 7) is 3.80. The average Bonchev–Trinajstić information content (AvgIpc) is 3.02. The smallest absolute Gasteiger partial charge is 0.255 e. The zero-order chi connectivity index (χ0) is 17.8. The molecule has 6 heteroatoms. The van der Waals surface area contributed by atoms with Crippen molar-refractivity contribution < 1.29 is 9.18 Å². The molecule has 0 atom stereocenters. The van der Waals surface area contributed by atoms with E-state index in [9.17, 15) is 9.18 Å². The predicted molar refractivity (Wildman–Crippen MR) is 102 cm³/mol. The second-order valence-corrected chi connectivity index (χ2v) is 7.69. The highest BCUT2D eigenvalue weighted by atomic mass is 32.2. The Labute approximate surface area is 154 Å². The molecule has 2 aromatic carbocycles. The Balaban J connectivity index is 1.77. The fourth-order valence-corrected chi connectivity index (χ4v) is 4.18. The van der Waals surface area contributed by atoms with Crippen LogP contribution < -0.4 is 5.32 Å². The van der Waals surface area contributed by atoms with Crippen molar-refractivity contribution in [2.75, 3.05) is 5.32 Å². The van der Waals surface area contributed by atoms with Crippen molar-refractivity contribution in [3.63, 3.8) is 0 Å². The molecule has 0 unspecified atom stereocenters. The van der Waals surface area contributed by atoms with Gasteiger partial charge in [0.1, 0.15) is 10.2 Å². The number of nitrogens with zero attached hydrogens (tertiary/aromatic N) is 1. The summed E-state index contributed by atoms with van der Waals surface area (Å²) < 4.78 is 14.4. The summed E-state index contributed by atoms with van der Waals surface area (Å²) in [6, 6.07) is 11.8. The molecule has 0 aliphatic heterocycles. The lowest BCUT2D eigenvalue weighted by atomic mass is 10.1. The summed E-state index contributed by atoms with van der Waals surface area (Å²) in [5.74, 6) is 0.0442. The van der Waals surface area contributed by atoms with Gasteiger partial charge in [-0.15, -0.1) is 11.3 Å². The van der Waals surface area contributed by atoms with Crippen LogP contribution in [0.4, 0.5) is 10.1 Å². The van der Waals surface area contributed by atoms with E-state index in [-0.39, 0.29) is 11.7 Å². The minimum Gasteiger partial charge on any atom is -0.322 e. The average molecular weight is 372 g/mol. The molecule has 1 aromatic heterocycles. The number of halogens is 1. The van der Waals surface area contributed by atoms with Gasteiger partial charge < -0.3 is 5.32 Å². The number of aromatic nitrogens is 1. The summed E-state index contributed by atoms with van der Waals surface area (Å²) in [5.41, 5.74) is 3.82. The van der Waals surface area contributed by atoms with Crippen molar-refractivity contribution >= 4 is 34.7 Å². The molecule has 0 saturated heterocycles. The van der Waals surface area contributed by atoms with Crippen molar-refractivity contribution in [3.05, 3.63) is 76.0 Å². The van der Waals surface area contributed by atoms with Crippen LogP contribution in [0.2, 0.25) is 0 Å². The third-order valence-corrected chi connectivity index (χ3v) is 5.85. The molecule has 1 amide bonds. The van der Waals surface area contributed by atoms with E-state index in [0.717, 1.165) is 21.2 Å². The van der Waals surface area contributed by atoms with Gasteiger partial charge in [-0.1, -0.05) is 36.0 Å². The molecule has 0 spiro atoms. The van der Waals surface area contributed by atoms with Crippen LogP contribution in [0, 0.1) is 19.7 Å². The fourth-order valence-electron chi connectivity index (χ4n) is 2.32. The van der Waals surface area contributed by atoms with Crippen LogP contribution in [-0.2, 0) is 5.75 Å². The lowest BCUT2D eigenvalue weighted by molar-refractivity contribution is 0.102. The first-order valence-corrected chi connectivity index (χ1v) is 9.60. The Bertz CT molecular complexity index is 908. The topological polar surface area (TPSA) is 42.0 Å². The lowest BCUT2D eigenvalue weighted by Gasteiger charge is -2.11. The summed E-state index contributed by atoms with van der Waals surface area (Å²) in [6.07, 6.45) is 0. The van der Waals surface area contributed by atoms with Gasteiger partial charge in [-0.25, -0.2) is 9.37 Å². The van der Waals surface area contributed by atoms with E-state index < -0.39 is 0 Å². The highest BCUT2D eigenvalue weighted by molar-refractivity contribution is 8.00. The largest absolute Gasteiger partial charge is 0.322 e. The number of thioether (sulfide) groups is 1. The minimum atomic E-state index is -0.371. The van der Waals surface area contributed by atoms with Crippen molar-refractivity contribution in [3.8, 4) is 0 Å². The Morgan fingerprint density at radius 1 is 1.24 bits per heavy atom. The van der Waals surface area contributed by atoms with Crippen molar-refractivity contribution in [2.24, 2.45) is 0 Å². The van der Waals surface area contributed by atoms with Gasteiger partial charge in [0.15, 0.2) is 0 Å². The van der Waals surface area contributed by atoms with Crippen LogP contribution in [0.15, 0.2) is 52.2 Å². The number of hydrogen-bond donors (Lipinski definition) is 1. The Hall–Kier alpha value is -2.18. The number of rotatable bonds is 5. The summed E-state index contributed by atoms with van der Waals surface area (Å²) in [5, 5.41) is 4.82. The number of carbonyl (C=O) groups excluding carboxylic acids is 1. The molecule has 0 aliphatic carbocycles. The summed E-state index contributed by atoms with van der Waals surface area (Å²) >= 11 is 3.20. The molecule has 128 valence electrons. The molecule has 0 radical (unpaired) electrons. The molecule has 1 N–H and O–H groups in total. The monoisotopic (exact) mass is 372 g/mol. The first kappa shape index (κ1) is 17.6. The van der Waals surface area contributed by atoms with Crippen molar-refractivity contribution in [1.82, 2.24) is 4.98 Å². The standard InChI is InChI=1S/C19H17FN2OS2/c1-12-7-8-15(20)9-17(12)22-18(23)16-6-4-3-5-14(16)11-25-19-21-13(2)10-24-19/h3-10H,11H2,1-2H3,(H,22,23). The maximum absolute atomic E-state index is 13.4. The molecule has 3 nitrogen and oxygen atoms in total. The van der Waals surface area contributed by atoms with Crippen LogP contribution in [0.5, 0.6) is 0 Å². The van der Waals surface area contributed by atoms with Gasteiger partial charge in [-0.05, 0) is 43.2 Å². The maximum atomic E-state index is 13.4. The molecule has 0 bridgehead atoms. The maximum Gasteiger partial charge on any atom is 0.255 e. The highest BCUT2D eigenvalue weighted by Gasteiger charge is 2.13. The molecular weight excluding hydrogens is 355 g/mol. The molecular formula is C19H17FN2OS2. The zero-order valence-electron chi connectivity index (χ0n) is 13.9. The molecule has 0 aliphatic rings. The molecule has 0 saturated carbocycles. The van der Waals surface area contributed by atoms with Gasteiger partial charge in [-0.2, -0.15) is 0 Å². The molecule has 25 heavy (non-hydrogen) atoms. The number of nitrogens with one attached hydrogen (secondary N) is 1. The van der Waals surface area contributed by atoms with E-state index in [0.29, 0.717) is 17.0 Å². The van der Waals surface area contributed by atoms with E-state index in [1.165, 1.54) is 12.1 Å². The second-order valence-electron chi connectivity index (χ2n) is 5.61. The van der Waals surface area contributed by atoms with E-state index in [1.807, 2.05) is 37.4 Å². The number of hydrogen-bond acceptors (Lipinski definition) is 4. The molecule has 1 heterocycles. The Morgan fingerprint density at radius 2 is 2.04 bits per heavy atom. The summed E-state index contributed by atoms with van der Waals surface area (Å²) in [4.78, 5) is 17.1. The quantitative estimate of drug-likeness (QED) is 0.606. The minimum absolute atomic E-state index is 0.236. The van der Waals surface area contributed by atoms with Gasteiger partial charge in [-0.3, -0.25) is 4.79 Å². The van der Waals surface area contributed by atoms with E-state index in [4.69, 9.17) is 0 Å². The number of benzene rings is 2. The van der Waals surface area contributed by atoms with Crippen molar-refractivity contribution in [2.45, 2.75) is 23.9 Å². The SMILES string of the molecule is Cc1csc(SCc2ccccc2C(=O)Nc2cc(F)ccc2C)n1. The molecule has 3 rings (SSSR count). The van der Waals surface area contributed by atoms with E-state index in [1.54, 1.807) is 35.2 Å². The zero-order valence-corrected chi connectivity index (χ0v) is 15.5. The number of aryl methyl sites for hydroxylation is 2. The molecule has 3 aromatic rings. The summed E-state index contributed by atoms with van der Waals surface area (Å²) in [7, 11) is 0. The highest BCUT2D eigenvalue weighted by Crippen LogP contribution is 2.27. The number of anilines is 1. The second kappa shape index (κ2) is 7.80. The van der Waals surface area contributed by atoms with Crippen LogP contribution in [-0.4, -0.2) is 10.9 Å². The van der Waals surface area contributed by atoms with Crippen LogP contribution in [0.3, 0.4) is 0 Å². The van der Waals surface area contributed by atoms with Crippen molar-refractivity contribution in [1.29, 1.82) is 0 Å². The predicted octanol–water partition coefficient (Wildman–Crippen LogP) is 5.44. The Kier molecular flexibility index (Phi) is 5.50. The van der Waals surface area contributed by atoms with E-state index >= 15 is 0 Å². The van der Waals surface area contributed by atoms with Gasteiger partial charge in [0.2, 0.25) is 0 Å². The third kappa shape index (κ3) is 4.46.